The Hall–Kier alpha value is -1.12. The molecule has 1 aromatic carbocycles. The molecular formula is C15H19NS. The first kappa shape index (κ1) is 12.3. The molecule has 0 aliphatic heterocycles. The van der Waals surface area contributed by atoms with Crippen molar-refractivity contribution in [2.24, 2.45) is 5.73 Å². The zero-order chi connectivity index (χ0) is 12.3. The zero-order valence-electron chi connectivity index (χ0n) is 10.4. The fourth-order valence-corrected chi connectivity index (χ4v) is 3.14. The molecule has 0 radical (unpaired) electrons. The van der Waals surface area contributed by atoms with E-state index in [2.05, 4.69) is 49.6 Å². The van der Waals surface area contributed by atoms with Crippen molar-refractivity contribution in [2.75, 3.05) is 6.54 Å². The first-order valence-electron chi connectivity index (χ1n) is 5.99. The summed E-state index contributed by atoms with van der Waals surface area (Å²) in [7, 11) is 0. The van der Waals surface area contributed by atoms with Gasteiger partial charge in [-0.2, -0.15) is 0 Å². The van der Waals surface area contributed by atoms with Crippen LogP contribution in [0, 0.1) is 13.8 Å². The van der Waals surface area contributed by atoms with Gasteiger partial charge in [0.1, 0.15) is 0 Å². The van der Waals surface area contributed by atoms with Crippen LogP contribution in [0.3, 0.4) is 0 Å². The van der Waals surface area contributed by atoms with Crippen molar-refractivity contribution in [3.05, 3.63) is 57.3 Å². The number of hydrogen-bond acceptors (Lipinski definition) is 2. The van der Waals surface area contributed by atoms with E-state index >= 15 is 0 Å². The summed E-state index contributed by atoms with van der Waals surface area (Å²) in [6, 6.07) is 11.0. The Labute approximate surface area is 107 Å². The third-order valence-corrected chi connectivity index (χ3v) is 4.03. The van der Waals surface area contributed by atoms with Gasteiger partial charge in [0, 0.05) is 17.3 Å². The maximum absolute atomic E-state index is 5.89. The van der Waals surface area contributed by atoms with Crippen molar-refractivity contribution < 1.29 is 0 Å². The van der Waals surface area contributed by atoms with E-state index in [-0.39, 0.29) is 0 Å². The van der Waals surface area contributed by atoms with Crippen molar-refractivity contribution >= 4 is 11.3 Å². The fourth-order valence-electron chi connectivity index (χ4n) is 2.29. The molecule has 17 heavy (non-hydrogen) atoms. The molecule has 0 aliphatic carbocycles. The third-order valence-electron chi connectivity index (χ3n) is 2.99. The molecule has 90 valence electrons. The summed E-state index contributed by atoms with van der Waals surface area (Å²) in [4.78, 5) is 1.40. The summed E-state index contributed by atoms with van der Waals surface area (Å²) in [5.74, 6) is 0.455. The third kappa shape index (κ3) is 3.18. The highest BCUT2D eigenvalue weighted by Crippen LogP contribution is 2.25. The van der Waals surface area contributed by atoms with Gasteiger partial charge < -0.3 is 5.73 Å². The molecule has 1 heterocycles. The highest BCUT2D eigenvalue weighted by Gasteiger charge is 2.11. The van der Waals surface area contributed by atoms with Gasteiger partial charge in [-0.05, 0) is 37.3 Å². The van der Waals surface area contributed by atoms with E-state index in [4.69, 9.17) is 5.73 Å². The van der Waals surface area contributed by atoms with Gasteiger partial charge in [-0.15, -0.1) is 11.3 Å². The molecule has 1 nitrogen and oxygen atoms in total. The van der Waals surface area contributed by atoms with Gasteiger partial charge in [0.2, 0.25) is 0 Å². The molecule has 2 N–H and O–H groups in total. The van der Waals surface area contributed by atoms with Crippen LogP contribution in [0.15, 0.2) is 35.7 Å². The van der Waals surface area contributed by atoms with Crippen molar-refractivity contribution in [2.45, 2.75) is 26.2 Å². The van der Waals surface area contributed by atoms with Crippen LogP contribution in [-0.4, -0.2) is 6.54 Å². The maximum atomic E-state index is 5.89. The second-order valence-corrected chi connectivity index (χ2v) is 5.63. The van der Waals surface area contributed by atoms with E-state index in [0.717, 1.165) is 6.42 Å². The molecule has 2 rings (SSSR count). The zero-order valence-corrected chi connectivity index (χ0v) is 11.3. The van der Waals surface area contributed by atoms with Gasteiger partial charge in [0.25, 0.3) is 0 Å². The van der Waals surface area contributed by atoms with Crippen molar-refractivity contribution in [1.82, 2.24) is 0 Å². The normalized spacial score (nSPS) is 12.6. The average Bonchev–Trinajstić information content (AvgIpc) is 2.77. The topological polar surface area (TPSA) is 26.0 Å². The first-order valence-corrected chi connectivity index (χ1v) is 6.87. The molecule has 0 amide bonds. The number of hydrogen-bond donors (Lipinski definition) is 1. The minimum atomic E-state index is 0.455. The van der Waals surface area contributed by atoms with Crippen molar-refractivity contribution in [3.63, 3.8) is 0 Å². The van der Waals surface area contributed by atoms with Crippen LogP contribution in [0.5, 0.6) is 0 Å². The van der Waals surface area contributed by atoms with Crippen molar-refractivity contribution in [3.8, 4) is 0 Å². The second-order valence-electron chi connectivity index (χ2n) is 4.65. The van der Waals surface area contributed by atoms with Crippen LogP contribution in [0.2, 0.25) is 0 Å². The average molecular weight is 245 g/mol. The van der Waals surface area contributed by atoms with Crippen LogP contribution in [0.25, 0.3) is 0 Å². The Balaban J connectivity index is 2.18. The van der Waals surface area contributed by atoms with Gasteiger partial charge in [0.15, 0.2) is 0 Å². The molecule has 0 saturated heterocycles. The lowest BCUT2D eigenvalue weighted by molar-refractivity contribution is 0.706. The summed E-state index contributed by atoms with van der Waals surface area (Å²) >= 11 is 1.80. The van der Waals surface area contributed by atoms with E-state index in [1.165, 1.54) is 21.6 Å². The van der Waals surface area contributed by atoms with Crippen LogP contribution < -0.4 is 5.73 Å². The van der Waals surface area contributed by atoms with Crippen LogP contribution in [0.1, 0.15) is 27.5 Å². The van der Waals surface area contributed by atoms with Crippen LogP contribution in [-0.2, 0) is 6.42 Å². The Morgan fingerprint density at radius 1 is 1.18 bits per heavy atom. The van der Waals surface area contributed by atoms with E-state index in [0.29, 0.717) is 12.5 Å². The molecule has 1 aromatic heterocycles. The van der Waals surface area contributed by atoms with E-state index in [9.17, 15) is 0 Å². The maximum Gasteiger partial charge on any atom is 0.00958 e. The monoisotopic (exact) mass is 245 g/mol. The van der Waals surface area contributed by atoms with Gasteiger partial charge in [-0.1, -0.05) is 35.4 Å². The summed E-state index contributed by atoms with van der Waals surface area (Å²) in [6.07, 6.45) is 1.04. The number of thiophene rings is 1. The van der Waals surface area contributed by atoms with Crippen molar-refractivity contribution in [1.29, 1.82) is 0 Å². The lowest BCUT2D eigenvalue weighted by Crippen LogP contribution is -2.14. The summed E-state index contributed by atoms with van der Waals surface area (Å²) < 4.78 is 0. The lowest BCUT2D eigenvalue weighted by Gasteiger charge is -2.14. The molecule has 1 unspecified atom stereocenters. The number of aryl methyl sites for hydroxylation is 2. The van der Waals surface area contributed by atoms with E-state index in [1.54, 1.807) is 11.3 Å². The summed E-state index contributed by atoms with van der Waals surface area (Å²) in [5.41, 5.74) is 9.96. The van der Waals surface area contributed by atoms with Gasteiger partial charge in [0.05, 0.1) is 0 Å². The lowest BCUT2D eigenvalue weighted by atomic mass is 9.95. The minimum absolute atomic E-state index is 0.455. The van der Waals surface area contributed by atoms with Gasteiger partial charge in [-0.25, -0.2) is 0 Å². The number of rotatable bonds is 4. The number of nitrogens with two attached hydrogens (primary N) is 1. The Morgan fingerprint density at radius 2 is 1.88 bits per heavy atom. The van der Waals surface area contributed by atoms with Gasteiger partial charge in [-0.3, -0.25) is 0 Å². The SMILES string of the molecule is Cc1cc(C)cc(CC(CN)c2cccs2)c1. The number of benzene rings is 1. The second kappa shape index (κ2) is 5.48. The predicted octanol–water partition coefficient (Wildman–Crippen LogP) is 3.65. The van der Waals surface area contributed by atoms with E-state index < -0.39 is 0 Å². The first-order chi connectivity index (χ1) is 8.19. The molecule has 2 aromatic rings. The molecule has 0 fully saturated rings. The van der Waals surface area contributed by atoms with E-state index in [1.807, 2.05) is 0 Å². The molecule has 0 aliphatic rings. The molecule has 2 heteroatoms. The fraction of sp³-hybridized carbons (Fsp3) is 0.333. The Bertz CT molecular complexity index is 453. The Kier molecular flexibility index (Phi) is 3.97. The van der Waals surface area contributed by atoms with Crippen LogP contribution in [0.4, 0.5) is 0 Å². The highest BCUT2D eigenvalue weighted by atomic mass is 32.1. The highest BCUT2D eigenvalue weighted by molar-refractivity contribution is 7.10. The molecular weight excluding hydrogens is 226 g/mol. The molecule has 0 saturated carbocycles. The minimum Gasteiger partial charge on any atom is -0.330 e. The molecule has 0 spiro atoms. The van der Waals surface area contributed by atoms with Crippen LogP contribution >= 0.6 is 11.3 Å². The Morgan fingerprint density at radius 3 is 2.41 bits per heavy atom. The molecule has 1 atom stereocenters. The predicted molar refractivity (Wildman–Crippen MR) is 75.7 cm³/mol. The standard InChI is InChI=1S/C15H19NS/c1-11-6-12(2)8-13(7-11)9-14(10-16)15-4-3-5-17-15/h3-8,14H,9-10,16H2,1-2H3. The van der Waals surface area contributed by atoms with Gasteiger partial charge >= 0.3 is 0 Å². The summed E-state index contributed by atoms with van der Waals surface area (Å²) in [5, 5.41) is 2.12. The summed E-state index contributed by atoms with van der Waals surface area (Å²) in [6.45, 7) is 5.02. The molecule has 0 bridgehead atoms. The largest absolute Gasteiger partial charge is 0.330 e. The quantitative estimate of drug-likeness (QED) is 0.874. The smallest absolute Gasteiger partial charge is 0.00958 e.